The Bertz CT molecular complexity index is 524. The van der Waals surface area contributed by atoms with Crippen LogP contribution in [-0.2, 0) is 6.54 Å². The summed E-state index contributed by atoms with van der Waals surface area (Å²) in [5, 5.41) is 6.83. The van der Waals surface area contributed by atoms with Gasteiger partial charge in [0, 0.05) is 31.2 Å². The Morgan fingerprint density at radius 1 is 1.42 bits per heavy atom. The van der Waals surface area contributed by atoms with E-state index in [1.165, 1.54) is 0 Å². The highest BCUT2D eigenvalue weighted by atomic mass is 32.1. The van der Waals surface area contributed by atoms with Crippen molar-refractivity contribution >= 4 is 23.1 Å². The molecule has 5 nitrogen and oxygen atoms in total. The van der Waals surface area contributed by atoms with Gasteiger partial charge in [0.05, 0.1) is 6.33 Å². The minimum atomic E-state index is 0.601. The average molecular weight is 275 g/mol. The first-order valence-corrected chi connectivity index (χ1v) is 6.59. The second-order valence-electron chi connectivity index (χ2n) is 4.20. The lowest BCUT2D eigenvalue weighted by atomic mass is 10.4. The summed E-state index contributed by atoms with van der Waals surface area (Å²) >= 11 is 5.21. The fraction of sp³-hybridized carbons (Fsp3) is 0.308. The normalized spacial score (nSPS) is 10.2. The minimum absolute atomic E-state index is 0.601. The molecule has 0 unspecified atom stereocenters. The van der Waals surface area contributed by atoms with E-state index in [2.05, 4.69) is 20.6 Å². The number of pyridine rings is 1. The van der Waals surface area contributed by atoms with Crippen LogP contribution >= 0.6 is 12.2 Å². The van der Waals surface area contributed by atoms with Gasteiger partial charge in [-0.15, -0.1) is 0 Å². The molecule has 0 aliphatic carbocycles. The Hall–Kier alpha value is -1.95. The van der Waals surface area contributed by atoms with Crippen LogP contribution in [0.3, 0.4) is 0 Å². The van der Waals surface area contributed by atoms with E-state index < -0.39 is 0 Å². The Balaban J connectivity index is 1.67. The van der Waals surface area contributed by atoms with E-state index >= 15 is 0 Å². The molecule has 2 aromatic heterocycles. The molecule has 19 heavy (non-hydrogen) atoms. The predicted octanol–water partition coefficient (Wildman–Crippen LogP) is 1.96. The third-order valence-electron chi connectivity index (χ3n) is 2.57. The van der Waals surface area contributed by atoms with Crippen molar-refractivity contribution < 1.29 is 0 Å². The van der Waals surface area contributed by atoms with E-state index in [1.54, 1.807) is 6.20 Å². The number of nitrogens with one attached hydrogen (secondary N) is 2. The second kappa shape index (κ2) is 6.84. The molecule has 0 amide bonds. The van der Waals surface area contributed by atoms with Gasteiger partial charge in [-0.05, 0) is 37.7 Å². The molecule has 0 spiro atoms. The Labute approximate surface area is 118 Å². The Morgan fingerprint density at radius 3 is 3.05 bits per heavy atom. The average Bonchev–Trinajstić information content (AvgIpc) is 2.88. The number of aromatic nitrogens is 3. The molecule has 2 heterocycles. The first-order chi connectivity index (χ1) is 9.24. The van der Waals surface area contributed by atoms with E-state index in [0.717, 1.165) is 31.0 Å². The molecule has 2 N–H and O–H groups in total. The molecule has 0 bridgehead atoms. The van der Waals surface area contributed by atoms with Crippen LogP contribution in [0.25, 0.3) is 0 Å². The zero-order valence-corrected chi connectivity index (χ0v) is 11.7. The van der Waals surface area contributed by atoms with Crippen LogP contribution in [0, 0.1) is 6.92 Å². The third kappa shape index (κ3) is 4.67. The number of aryl methyl sites for hydroxylation is 2. The highest BCUT2D eigenvalue weighted by molar-refractivity contribution is 7.80. The fourth-order valence-electron chi connectivity index (χ4n) is 1.66. The summed E-state index contributed by atoms with van der Waals surface area (Å²) < 4.78 is 2.04. The maximum absolute atomic E-state index is 5.21. The highest BCUT2D eigenvalue weighted by Crippen LogP contribution is 2.03. The number of rotatable bonds is 5. The smallest absolute Gasteiger partial charge is 0.171 e. The van der Waals surface area contributed by atoms with Gasteiger partial charge in [0.15, 0.2) is 5.11 Å². The van der Waals surface area contributed by atoms with Gasteiger partial charge in [0.1, 0.15) is 5.82 Å². The molecule has 2 rings (SSSR count). The van der Waals surface area contributed by atoms with Crippen molar-refractivity contribution in [3.8, 4) is 0 Å². The van der Waals surface area contributed by atoms with Gasteiger partial charge in [-0.25, -0.2) is 9.97 Å². The van der Waals surface area contributed by atoms with E-state index in [1.807, 2.05) is 42.2 Å². The quantitative estimate of drug-likeness (QED) is 0.645. The molecule has 0 aliphatic rings. The molecule has 0 radical (unpaired) electrons. The van der Waals surface area contributed by atoms with Crippen molar-refractivity contribution in [3.05, 3.63) is 42.6 Å². The monoisotopic (exact) mass is 275 g/mol. The maximum Gasteiger partial charge on any atom is 0.171 e. The van der Waals surface area contributed by atoms with Crippen molar-refractivity contribution in [2.24, 2.45) is 0 Å². The molecular weight excluding hydrogens is 258 g/mol. The van der Waals surface area contributed by atoms with E-state index in [9.17, 15) is 0 Å². The maximum atomic E-state index is 5.21. The largest absolute Gasteiger partial charge is 0.362 e. The second-order valence-corrected chi connectivity index (χ2v) is 4.61. The topological polar surface area (TPSA) is 54.8 Å². The van der Waals surface area contributed by atoms with Crippen LogP contribution in [0.15, 0.2) is 36.9 Å². The standard InChI is InChI=1S/C13H17N5S/c1-11-4-2-5-12(16-11)17-13(19)15-6-3-8-18-9-7-14-10-18/h2,4-5,7,9-10H,3,6,8H2,1H3,(H2,15,16,17,19). The van der Waals surface area contributed by atoms with Crippen LogP contribution in [0.5, 0.6) is 0 Å². The number of thiocarbonyl (C=S) groups is 1. The lowest BCUT2D eigenvalue weighted by Crippen LogP contribution is -2.30. The molecule has 100 valence electrons. The number of hydrogen-bond acceptors (Lipinski definition) is 3. The first-order valence-electron chi connectivity index (χ1n) is 6.18. The SMILES string of the molecule is Cc1cccc(NC(=S)NCCCn2ccnc2)n1. The summed E-state index contributed by atoms with van der Waals surface area (Å²) in [5.74, 6) is 0.770. The summed E-state index contributed by atoms with van der Waals surface area (Å²) in [6, 6.07) is 5.80. The molecular formula is C13H17N5S. The Kier molecular flexibility index (Phi) is 4.85. The van der Waals surface area contributed by atoms with Crippen LogP contribution < -0.4 is 10.6 Å². The minimum Gasteiger partial charge on any atom is -0.362 e. The summed E-state index contributed by atoms with van der Waals surface area (Å²) in [6.45, 7) is 3.70. The molecule has 0 saturated carbocycles. The van der Waals surface area contributed by atoms with Gasteiger partial charge < -0.3 is 15.2 Å². The molecule has 0 saturated heterocycles. The van der Waals surface area contributed by atoms with Crippen LogP contribution in [0.1, 0.15) is 12.1 Å². The summed E-state index contributed by atoms with van der Waals surface area (Å²) in [5.41, 5.74) is 0.966. The van der Waals surface area contributed by atoms with Crippen LogP contribution in [-0.4, -0.2) is 26.2 Å². The van der Waals surface area contributed by atoms with Gasteiger partial charge in [-0.1, -0.05) is 6.07 Å². The molecule has 0 aliphatic heterocycles. The molecule has 2 aromatic rings. The van der Waals surface area contributed by atoms with Crippen LogP contribution in [0.4, 0.5) is 5.82 Å². The van der Waals surface area contributed by atoms with E-state index in [0.29, 0.717) is 5.11 Å². The van der Waals surface area contributed by atoms with Crippen molar-refractivity contribution in [1.29, 1.82) is 0 Å². The number of nitrogens with zero attached hydrogens (tertiary/aromatic N) is 3. The number of hydrogen-bond donors (Lipinski definition) is 2. The van der Waals surface area contributed by atoms with Gasteiger partial charge in [0.25, 0.3) is 0 Å². The van der Waals surface area contributed by atoms with Crippen molar-refractivity contribution in [2.45, 2.75) is 19.9 Å². The summed E-state index contributed by atoms with van der Waals surface area (Å²) in [4.78, 5) is 8.33. The summed E-state index contributed by atoms with van der Waals surface area (Å²) in [7, 11) is 0. The zero-order chi connectivity index (χ0) is 13.5. The van der Waals surface area contributed by atoms with Crippen molar-refractivity contribution in [3.63, 3.8) is 0 Å². The van der Waals surface area contributed by atoms with E-state index in [4.69, 9.17) is 12.2 Å². The van der Waals surface area contributed by atoms with Gasteiger partial charge in [-0.2, -0.15) is 0 Å². The lowest BCUT2D eigenvalue weighted by Gasteiger charge is -2.10. The highest BCUT2D eigenvalue weighted by Gasteiger charge is 1.98. The van der Waals surface area contributed by atoms with Gasteiger partial charge >= 0.3 is 0 Å². The van der Waals surface area contributed by atoms with E-state index in [-0.39, 0.29) is 0 Å². The molecule has 0 aromatic carbocycles. The predicted molar refractivity (Wildman–Crippen MR) is 80.0 cm³/mol. The Morgan fingerprint density at radius 2 is 2.32 bits per heavy atom. The zero-order valence-electron chi connectivity index (χ0n) is 10.8. The summed E-state index contributed by atoms with van der Waals surface area (Å²) in [6.07, 6.45) is 6.53. The van der Waals surface area contributed by atoms with Crippen molar-refractivity contribution in [1.82, 2.24) is 19.9 Å². The molecule has 0 fully saturated rings. The van der Waals surface area contributed by atoms with Gasteiger partial charge in [0.2, 0.25) is 0 Å². The van der Waals surface area contributed by atoms with Crippen molar-refractivity contribution in [2.75, 3.05) is 11.9 Å². The number of imidazole rings is 1. The lowest BCUT2D eigenvalue weighted by molar-refractivity contribution is 0.632. The molecule has 6 heteroatoms. The van der Waals surface area contributed by atoms with Crippen LogP contribution in [0.2, 0.25) is 0 Å². The first kappa shape index (κ1) is 13.5. The third-order valence-corrected chi connectivity index (χ3v) is 2.81. The van der Waals surface area contributed by atoms with Gasteiger partial charge in [-0.3, -0.25) is 0 Å². The number of anilines is 1. The molecule has 0 atom stereocenters. The fourth-order valence-corrected chi connectivity index (χ4v) is 1.86.